The van der Waals surface area contributed by atoms with Crippen LogP contribution in [0.3, 0.4) is 0 Å². The number of benzene rings is 1. The zero-order chi connectivity index (χ0) is 18.9. The number of carbonyl (C=O) groups excluding carboxylic acids is 2. The Labute approximate surface area is 154 Å². The number of hydrogen-bond acceptors (Lipinski definition) is 4. The Balaban J connectivity index is 1.74. The van der Waals surface area contributed by atoms with Crippen molar-refractivity contribution >= 4 is 11.8 Å². The standard InChI is InChI=1S/C21H27FO4/c1-21(2,3)26-20(24)17-10-16(14-6-7-14)19(11-18(17)22)25-12-13-4-8-15(23)9-5-13/h10-11,13-14H,4-9,12H2,1-3H3. The molecule has 0 atom stereocenters. The maximum atomic E-state index is 14.5. The summed E-state index contributed by atoms with van der Waals surface area (Å²) in [7, 11) is 0. The van der Waals surface area contributed by atoms with Crippen molar-refractivity contribution in [1.82, 2.24) is 0 Å². The van der Waals surface area contributed by atoms with Crippen molar-refractivity contribution in [2.45, 2.75) is 70.8 Å². The number of carbonyl (C=O) groups is 2. The molecular formula is C21H27FO4. The van der Waals surface area contributed by atoms with Gasteiger partial charge in [0.25, 0.3) is 0 Å². The van der Waals surface area contributed by atoms with Crippen LogP contribution in [0.2, 0.25) is 0 Å². The Hall–Kier alpha value is -1.91. The molecule has 0 amide bonds. The highest BCUT2D eigenvalue weighted by atomic mass is 19.1. The van der Waals surface area contributed by atoms with Gasteiger partial charge in [-0.15, -0.1) is 0 Å². The van der Waals surface area contributed by atoms with Crippen molar-refractivity contribution in [3.05, 3.63) is 29.1 Å². The minimum atomic E-state index is -0.670. The first-order valence-corrected chi connectivity index (χ1v) is 9.44. The van der Waals surface area contributed by atoms with Crippen molar-refractivity contribution in [3.8, 4) is 5.75 Å². The Morgan fingerprint density at radius 1 is 1.15 bits per heavy atom. The summed E-state index contributed by atoms with van der Waals surface area (Å²) in [4.78, 5) is 23.6. The predicted octanol–water partition coefficient (Wildman–Crippen LogP) is 4.80. The monoisotopic (exact) mass is 362 g/mol. The van der Waals surface area contributed by atoms with Crippen LogP contribution in [-0.2, 0) is 9.53 Å². The molecule has 3 rings (SSSR count). The van der Waals surface area contributed by atoms with Gasteiger partial charge in [0, 0.05) is 18.9 Å². The summed E-state index contributed by atoms with van der Waals surface area (Å²) >= 11 is 0. The normalized spacial score (nSPS) is 18.7. The second-order valence-electron chi connectivity index (χ2n) is 8.44. The first kappa shape index (κ1) is 18.9. The van der Waals surface area contributed by atoms with E-state index in [0.29, 0.717) is 42.8 Å². The van der Waals surface area contributed by atoms with Crippen molar-refractivity contribution in [1.29, 1.82) is 0 Å². The van der Waals surface area contributed by atoms with E-state index in [-0.39, 0.29) is 5.56 Å². The van der Waals surface area contributed by atoms with Crippen LogP contribution < -0.4 is 4.74 Å². The molecule has 5 heteroatoms. The van der Waals surface area contributed by atoms with E-state index < -0.39 is 17.4 Å². The summed E-state index contributed by atoms with van der Waals surface area (Å²) in [5.74, 6) is 0.224. The lowest BCUT2D eigenvalue weighted by Crippen LogP contribution is -2.24. The highest BCUT2D eigenvalue weighted by molar-refractivity contribution is 5.90. The Morgan fingerprint density at radius 3 is 2.38 bits per heavy atom. The van der Waals surface area contributed by atoms with Gasteiger partial charge in [0.1, 0.15) is 23.0 Å². The zero-order valence-corrected chi connectivity index (χ0v) is 15.8. The third-order valence-electron chi connectivity index (χ3n) is 4.87. The molecule has 0 N–H and O–H groups in total. The van der Waals surface area contributed by atoms with Gasteiger partial charge in [-0.05, 0) is 69.9 Å². The Morgan fingerprint density at radius 2 is 1.81 bits per heavy atom. The summed E-state index contributed by atoms with van der Waals surface area (Å²) in [6.07, 6.45) is 4.92. The van der Waals surface area contributed by atoms with Gasteiger partial charge in [-0.2, -0.15) is 0 Å². The summed E-state index contributed by atoms with van der Waals surface area (Å²) in [5.41, 5.74) is 0.188. The number of halogens is 1. The van der Waals surface area contributed by atoms with Gasteiger partial charge in [0.2, 0.25) is 0 Å². The van der Waals surface area contributed by atoms with Gasteiger partial charge in [-0.1, -0.05) is 0 Å². The van der Waals surface area contributed by atoms with Gasteiger partial charge in [-0.25, -0.2) is 9.18 Å². The van der Waals surface area contributed by atoms with Crippen molar-refractivity contribution in [2.24, 2.45) is 5.92 Å². The first-order chi connectivity index (χ1) is 12.2. The number of rotatable bonds is 5. The molecule has 0 saturated heterocycles. The van der Waals surface area contributed by atoms with E-state index in [0.717, 1.165) is 31.2 Å². The number of Topliss-reactive ketones (excluding diaryl/α,β-unsaturated/α-hetero) is 1. The zero-order valence-electron chi connectivity index (χ0n) is 15.8. The second-order valence-corrected chi connectivity index (χ2v) is 8.44. The van der Waals surface area contributed by atoms with Crippen LogP contribution in [0.5, 0.6) is 5.75 Å². The van der Waals surface area contributed by atoms with E-state index in [1.54, 1.807) is 26.8 Å². The van der Waals surface area contributed by atoms with E-state index in [2.05, 4.69) is 0 Å². The topological polar surface area (TPSA) is 52.6 Å². The lowest BCUT2D eigenvalue weighted by Gasteiger charge is -2.23. The summed E-state index contributed by atoms with van der Waals surface area (Å²) < 4.78 is 25.8. The molecule has 142 valence electrons. The van der Waals surface area contributed by atoms with Gasteiger partial charge < -0.3 is 9.47 Å². The lowest BCUT2D eigenvalue weighted by atomic mass is 9.89. The van der Waals surface area contributed by atoms with Gasteiger partial charge in [0.15, 0.2) is 0 Å². The maximum absolute atomic E-state index is 14.5. The van der Waals surface area contributed by atoms with Crippen LogP contribution in [0.1, 0.15) is 81.1 Å². The highest BCUT2D eigenvalue weighted by Gasteiger charge is 2.31. The van der Waals surface area contributed by atoms with E-state index in [1.807, 2.05) is 0 Å². The molecule has 0 aliphatic heterocycles. The van der Waals surface area contributed by atoms with E-state index >= 15 is 0 Å². The van der Waals surface area contributed by atoms with Gasteiger partial charge in [0.05, 0.1) is 12.2 Å². The van der Waals surface area contributed by atoms with Crippen LogP contribution >= 0.6 is 0 Å². The third kappa shape index (κ3) is 4.83. The molecule has 0 heterocycles. The molecule has 0 bridgehead atoms. The molecule has 0 aromatic heterocycles. The lowest BCUT2D eigenvalue weighted by molar-refractivity contribution is -0.121. The largest absolute Gasteiger partial charge is 0.493 e. The maximum Gasteiger partial charge on any atom is 0.341 e. The minimum absolute atomic E-state index is 0.0301. The number of ketones is 1. The van der Waals surface area contributed by atoms with E-state index in [9.17, 15) is 14.0 Å². The Kier molecular flexibility index (Phi) is 5.35. The number of hydrogen-bond donors (Lipinski definition) is 0. The molecule has 26 heavy (non-hydrogen) atoms. The fourth-order valence-electron chi connectivity index (χ4n) is 3.27. The van der Waals surface area contributed by atoms with Crippen LogP contribution in [-0.4, -0.2) is 24.0 Å². The quantitative estimate of drug-likeness (QED) is 0.706. The molecule has 2 saturated carbocycles. The average Bonchev–Trinajstić information content (AvgIpc) is 3.37. The number of ether oxygens (including phenoxy) is 2. The Bertz CT molecular complexity index is 691. The van der Waals surface area contributed by atoms with E-state index in [4.69, 9.17) is 9.47 Å². The van der Waals surface area contributed by atoms with Crippen molar-refractivity contribution in [3.63, 3.8) is 0 Å². The van der Waals surface area contributed by atoms with Crippen LogP contribution in [0.4, 0.5) is 4.39 Å². The highest BCUT2D eigenvalue weighted by Crippen LogP contribution is 2.45. The summed E-state index contributed by atoms with van der Waals surface area (Å²) in [6.45, 7) is 5.77. The average molecular weight is 362 g/mol. The minimum Gasteiger partial charge on any atom is -0.493 e. The molecule has 0 radical (unpaired) electrons. The molecule has 4 nitrogen and oxygen atoms in total. The fraction of sp³-hybridized carbons (Fsp3) is 0.619. The van der Waals surface area contributed by atoms with Gasteiger partial charge in [-0.3, -0.25) is 4.79 Å². The number of esters is 1. The predicted molar refractivity (Wildman–Crippen MR) is 96.0 cm³/mol. The molecular weight excluding hydrogens is 335 g/mol. The second kappa shape index (κ2) is 7.37. The fourth-order valence-corrected chi connectivity index (χ4v) is 3.27. The van der Waals surface area contributed by atoms with E-state index in [1.165, 1.54) is 6.07 Å². The summed E-state index contributed by atoms with van der Waals surface area (Å²) in [6, 6.07) is 2.92. The molecule has 1 aromatic carbocycles. The van der Waals surface area contributed by atoms with Gasteiger partial charge >= 0.3 is 5.97 Å². The van der Waals surface area contributed by atoms with Crippen molar-refractivity contribution in [2.75, 3.05) is 6.61 Å². The molecule has 2 aliphatic rings. The third-order valence-corrected chi connectivity index (χ3v) is 4.87. The van der Waals surface area contributed by atoms with Crippen LogP contribution in [0.15, 0.2) is 12.1 Å². The molecule has 2 fully saturated rings. The molecule has 0 spiro atoms. The summed E-state index contributed by atoms with van der Waals surface area (Å²) in [5, 5.41) is 0. The molecule has 0 unspecified atom stereocenters. The molecule has 1 aromatic rings. The smallest absolute Gasteiger partial charge is 0.341 e. The van der Waals surface area contributed by atoms with Crippen molar-refractivity contribution < 1.29 is 23.5 Å². The van der Waals surface area contributed by atoms with Crippen LogP contribution in [0, 0.1) is 11.7 Å². The first-order valence-electron chi connectivity index (χ1n) is 9.44. The molecule has 2 aliphatic carbocycles. The van der Waals surface area contributed by atoms with Crippen LogP contribution in [0.25, 0.3) is 0 Å². The SMILES string of the molecule is CC(C)(C)OC(=O)c1cc(C2CC2)c(OCC2CCC(=O)CC2)cc1F.